The van der Waals surface area contributed by atoms with E-state index in [9.17, 15) is 9.18 Å². The number of aromatic nitrogens is 3. The highest BCUT2D eigenvalue weighted by atomic mass is 32.1. The third kappa shape index (κ3) is 3.84. The third-order valence-electron chi connectivity index (χ3n) is 4.57. The predicted molar refractivity (Wildman–Crippen MR) is 112 cm³/mol. The average Bonchev–Trinajstić information content (AvgIpc) is 3.35. The number of hydrogen-bond acceptors (Lipinski definition) is 6. The van der Waals surface area contributed by atoms with Gasteiger partial charge in [-0.2, -0.15) is 4.98 Å². The van der Waals surface area contributed by atoms with E-state index in [4.69, 9.17) is 9.47 Å². The Balaban J connectivity index is 1.45. The summed E-state index contributed by atoms with van der Waals surface area (Å²) >= 11 is 1.46. The van der Waals surface area contributed by atoms with Gasteiger partial charge in [0.05, 0.1) is 25.5 Å². The number of fused-ring (bicyclic) bond motifs is 1. The molecule has 2 aromatic heterocycles. The second-order valence-electron chi connectivity index (χ2n) is 6.41. The van der Waals surface area contributed by atoms with Crippen molar-refractivity contribution in [2.24, 2.45) is 0 Å². The van der Waals surface area contributed by atoms with Crippen molar-refractivity contribution in [3.63, 3.8) is 0 Å². The number of nitrogens with one attached hydrogen (secondary N) is 1. The molecule has 1 amide bonds. The van der Waals surface area contributed by atoms with Crippen molar-refractivity contribution in [3.8, 4) is 22.9 Å². The molecule has 0 aliphatic carbocycles. The van der Waals surface area contributed by atoms with Crippen LogP contribution in [0.15, 0.2) is 47.8 Å². The summed E-state index contributed by atoms with van der Waals surface area (Å²) in [6, 6.07) is 11.2. The SMILES string of the molecule is COc1cccc(C(=O)NCCc2csc3nc(-c4ccc(F)cc4)nn23)c1OC. The number of rotatable bonds is 7. The van der Waals surface area contributed by atoms with E-state index in [1.165, 1.54) is 37.7 Å². The lowest BCUT2D eigenvalue weighted by Crippen LogP contribution is -2.26. The largest absolute Gasteiger partial charge is 0.493 e. The average molecular weight is 426 g/mol. The van der Waals surface area contributed by atoms with Gasteiger partial charge in [-0.05, 0) is 36.4 Å². The van der Waals surface area contributed by atoms with E-state index >= 15 is 0 Å². The molecular formula is C21H19FN4O3S. The topological polar surface area (TPSA) is 77.8 Å². The van der Waals surface area contributed by atoms with Gasteiger partial charge in [0, 0.05) is 23.9 Å². The van der Waals surface area contributed by atoms with Crippen LogP contribution in [0, 0.1) is 5.82 Å². The van der Waals surface area contributed by atoms with Gasteiger partial charge >= 0.3 is 0 Å². The van der Waals surface area contributed by atoms with E-state index in [1.807, 2.05) is 5.38 Å². The summed E-state index contributed by atoms with van der Waals surface area (Å²) in [5.74, 6) is 0.885. The maximum atomic E-state index is 13.1. The highest BCUT2D eigenvalue weighted by Crippen LogP contribution is 2.30. The molecule has 4 aromatic rings. The zero-order chi connectivity index (χ0) is 21.1. The van der Waals surface area contributed by atoms with Crippen LogP contribution in [0.1, 0.15) is 16.1 Å². The molecule has 2 heterocycles. The Hall–Kier alpha value is -3.46. The maximum absolute atomic E-state index is 13.1. The Morgan fingerprint density at radius 1 is 1.17 bits per heavy atom. The molecule has 0 saturated carbocycles. The fourth-order valence-corrected chi connectivity index (χ4v) is 3.94. The number of halogens is 1. The first kappa shape index (κ1) is 19.8. The Morgan fingerprint density at radius 3 is 2.70 bits per heavy atom. The van der Waals surface area contributed by atoms with Gasteiger partial charge in [-0.15, -0.1) is 16.4 Å². The van der Waals surface area contributed by atoms with Gasteiger partial charge in [-0.3, -0.25) is 4.79 Å². The number of benzene rings is 2. The first-order valence-electron chi connectivity index (χ1n) is 9.19. The smallest absolute Gasteiger partial charge is 0.255 e. The Morgan fingerprint density at radius 2 is 1.97 bits per heavy atom. The minimum absolute atomic E-state index is 0.247. The summed E-state index contributed by atoms with van der Waals surface area (Å²) in [4.78, 5) is 17.8. The third-order valence-corrected chi connectivity index (χ3v) is 5.43. The lowest BCUT2D eigenvalue weighted by molar-refractivity contribution is 0.0950. The first-order valence-corrected chi connectivity index (χ1v) is 10.1. The van der Waals surface area contributed by atoms with E-state index in [-0.39, 0.29) is 11.7 Å². The van der Waals surface area contributed by atoms with E-state index in [0.717, 1.165) is 16.2 Å². The monoisotopic (exact) mass is 426 g/mol. The van der Waals surface area contributed by atoms with Crippen molar-refractivity contribution in [1.29, 1.82) is 0 Å². The van der Waals surface area contributed by atoms with Crippen LogP contribution in [0.3, 0.4) is 0 Å². The molecule has 0 aliphatic heterocycles. The van der Waals surface area contributed by atoms with Crippen LogP contribution in [0.4, 0.5) is 4.39 Å². The fraction of sp³-hybridized carbons (Fsp3) is 0.190. The molecule has 0 fully saturated rings. The summed E-state index contributed by atoms with van der Waals surface area (Å²) in [5.41, 5.74) is 2.08. The van der Waals surface area contributed by atoms with Gasteiger partial charge in [0.25, 0.3) is 5.91 Å². The molecule has 0 bridgehead atoms. The Labute approximate surface area is 176 Å². The fourth-order valence-electron chi connectivity index (χ4n) is 3.08. The van der Waals surface area contributed by atoms with Crippen LogP contribution in [0.25, 0.3) is 16.3 Å². The summed E-state index contributed by atoms with van der Waals surface area (Å²) in [6.45, 7) is 0.413. The molecule has 0 spiro atoms. The highest BCUT2D eigenvalue weighted by Gasteiger charge is 2.17. The number of nitrogens with zero attached hydrogens (tertiary/aromatic N) is 3. The van der Waals surface area contributed by atoms with Crippen molar-refractivity contribution >= 4 is 22.2 Å². The second-order valence-corrected chi connectivity index (χ2v) is 7.25. The second kappa shape index (κ2) is 8.50. The lowest BCUT2D eigenvalue weighted by Gasteiger charge is -2.12. The highest BCUT2D eigenvalue weighted by molar-refractivity contribution is 7.15. The van der Waals surface area contributed by atoms with Crippen molar-refractivity contribution in [2.45, 2.75) is 6.42 Å². The number of thiazole rings is 1. The molecule has 0 saturated heterocycles. The number of methoxy groups -OCH3 is 2. The van der Waals surface area contributed by atoms with Crippen molar-refractivity contribution in [2.75, 3.05) is 20.8 Å². The zero-order valence-corrected chi connectivity index (χ0v) is 17.2. The van der Waals surface area contributed by atoms with Crippen LogP contribution >= 0.6 is 11.3 Å². The molecule has 0 radical (unpaired) electrons. The summed E-state index contributed by atoms with van der Waals surface area (Å²) in [7, 11) is 3.03. The molecule has 2 aromatic carbocycles. The lowest BCUT2D eigenvalue weighted by atomic mass is 10.1. The number of amides is 1. The molecule has 30 heavy (non-hydrogen) atoms. The number of carbonyl (C=O) groups is 1. The van der Waals surface area contributed by atoms with Gasteiger partial charge in [0.15, 0.2) is 17.3 Å². The standard InChI is InChI=1S/C21H19FN4O3S/c1-28-17-5-3-4-16(18(17)29-2)20(27)23-11-10-15-12-30-21-24-19(25-26(15)21)13-6-8-14(22)9-7-13/h3-9,12H,10-11H2,1-2H3,(H,23,27). The molecule has 154 valence electrons. The Bertz CT molecular complexity index is 1190. The minimum atomic E-state index is -0.302. The van der Waals surface area contributed by atoms with Crippen molar-refractivity contribution < 1.29 is 18.7 Å². The normalized spacial score (nSPS) is 10.9. The molecule has 9 heteroatoms. The molecule has 7 nitrogen and oxygen atoms in total. The van der Waals surface area contributed by atoms with Gasteiger partial charge in [-0.25, -0.2) is 8.91 Å². The van der Waals surface area contributed by atoms with Crippen molar-refractivity contribution in [1.82, 2.24) is 19.9 Å². The number of hydrogen-bond donors (Lipinski definition) is 1. The van der Waals surface area contributed by atoms with Crippen molar-refractivity contribution in [3.05, 3.63) is 64.9 Å². The first-order chi connectivity index (χ1) is 14.6. The zero-order valence-electron chi connectivity index (χ0n) is 16.4. The molecule has 4 rings (SSSR count). The number of carbonyl (C=O) groups excluding carboxylic acids is 1. The summed E-state index contributed by atoms with van der Waals surface area (Å²) < 4.78 is 25.4. The molecule has 0 atom stereocenters. The van der Waals surface area contributed by atoms with Crippen LogP contribution < -0.4 is 14.8 Å². The van der Waals surface area contributed by atoms with Gasteiger partial charge in [0.1, 0.15) is 5.82 Å². The molecular weight excluding hydrogens is 407 g/mol. The van der Waals surface area contributed by atoms with Crippen LogP contribution in [-0.4, -0.2) is 41.3 Å². The van der Waals surface area contributed by atoms with Crippen LogP contribution in [-0.2, 0) is 6.42 Å². The van der Waals surface area contributed by atoms with Gasteiger partial charge in [0.2, 0.25) is 4.96 Å². The number of para-hydroxylation sites is 1. The molecule has 0 unspecified atom stereocenters. The maximum Gasteiger partial charge on any atom is 0.255 e. The molecule has 1 N–H and O–H groups in total. The Kier molecular flexibility index (Phi) is 5.62. The summed E-state index contributed by atoms with van der Waals surface area (Å²) in [5, 5.41) is 9.38. The molecule has 0 aliphatic rings. The van der Waals surface area contributed by atoms with Crippen LogP contribution in [0.5, 0.6) is 11.5 Å². The van der Waals surface area contributed by atoms with E-state index in [1.54, 1.807) is 34.8 Å². The summed E-state index contributed by atoms with van der Waals surface area (Å²) in [6.07, 6.45) is 0.574. The quantitative estimate of drug-likeness (QED) is 0.489. The number of ether oxygens (including phenoxy) is 2. The van der Waals surface area contributed by atoms with E-state index in [2.05, 4.69) is 15.4 Å². The van der Waals surface area contributed by atoms with Gasteiger partial charge < -0.3 is 14.8 Å². The minimum Gasteiger partial charge on any atom is -0.493 e. The predicted octanol–water partition coefficient (Wildman–Crippen LogP) is 3.59. The van der Waals surface area contributed by atoms with Gasteiger partial charge in [-0.1, -0.05) is 6.07 Å². The van der Waals surface area contributed by atoms with E-state index < -0.39 is 0 Å². The van der Waals surface area contributed by atoms with E-state index in [0.29, 0.717) is 35.9 Å². The van der Waals surface area contributed by atoms with Crippen LogP contribution in [0.2, 0.25) is 0 Å².